The number of fused-ring (bicyclic) bond motifs is 1. The molecule has 0 amide bonds. The van der Waals surface area contributed by atoms with Gasteiger partial charge in [-0.2, -0.15) is 0 Å². The molecule has 0 saturated carbocycles. The molecular weight excluding hydrogens is 521 g/mol. The summed E-state index contributed by atoms with van der Waals surface area (Å²) in [6, 6.07) is 14.0. The lowest BCUT2D eigenvalue weighted by atomic mass is 9.91. The largest absolute Gasteiger partial charge is 1.00 e. The molecule has 3 aromatic rings. The van der Waals surface area contributed by atoms with Crippen molar-refractivity contribution in [3.63, 3.8) is 0 Å². The van der Waals surface area contributed by atoms with Gasteiger partial charge in [-0.15, -0.1) is 0 Å². The summed E-state index contributed by atoms with van der Waals surface area (Å²) in [5.74, 6) is 2.68. The number of nitrogens with zero attached hydrogens (tertiary/aromatic N) is 3. The number of imidazole rings is 1. The second kappa shape index (κ2) is 10.5. The SMILES string of the molecule is Cc1cccc2c1nc(COc1ccc(Cl)cc1)n2CCCC1CC[N+](C)(C)CC1.[I-]. The molecule has 0 unspecified atom stereocenters. The van der Waals surface area contributed by atoms with Crippen LogP contribution in [0.4, 0.5) is 0 Å². The molecule has 1 saturated heterocycles. The number of hydrogen-bond acceptors (Lipinski definition) is 2. The fourth-order valence-electron chi connectivity index (χ4n) is 4.52. The Hall–Kier alpha value is -1.31. The number of aromatic nitrogens is 2. The number of likely N-dealkylation sites (tertiary alicyclic amines) is 1. The summed E-state index contributed by atoms with van der Waals surface area (Å²) in [4.78, 5) is 4.94. The van der Waals surface area contributed by atoms with Gasteiger partial charge in [-0.05, 0) is 74.4 Å². The zero-order valence-electron chi connectivity index (χ0n) is 18.8. The van der Waals surface area contributed by atoms with Gasteiger partial charge < -0.3 is 37.8 Å². The van der Waals surface area contributed by atoms with E-state index in [0.717, 1.165) is 34.6 Å². The molecule has 1 aliphatic heterocycles. The molecule has 0 bridgehead atoms. The number of para-hydroxylation sites is 1. The fourth-order valence-corrected chi connectivity index (χ4v) is 4.65. The summed E-state index contributed by atoms with van der Waals surface area (Å²) < 4.78 is 9.57. The molecule has 1 aromatic heterocycles. The maximum Gasteiger partial charge on any atom is 0.148 e. The molecule has 0 spiro atoms. The Labute approximate surface area is 208 Å². The molecule has 0 radical (unpaired) electrons. The summed E-state index contributed by atoms with van der Waals surface area (Å²) in [5.41, 5.74) is 3.52. The lowest BCUT2D eigenvalue weighted by molar-refractivity contribution is -0.896. The van der Waals surface area contributed by atoms with Crippen molar-refractivity contribution >= 4 is 22.6 Å². The van der Waals surface area contributed by atoms with Crippen LogP contribution < -0.4 is 28.7 Å². The average molecular weight is 554 g/mol. The van der Waals surface area contributed by atoms with Crippen molar-refractivity contribution in [3.8, 4) is 5.75 Å². The van der Waals surface area contributed by atoms with E-state index in [4.69, 9.17) is 21.3 Å². The van der Waals surface area contributed by atoms with Gasteiger partial charge in [0.1, 0.15) is 18.2 Å². The summed E-state index contributed by atoms with van der Waals surface area (Å²) in [6.07, 6.45) is 5.18. The highest BCUT2D eigenvalue weighted by Gasteiger charge is 2.25. The van der Waals surface area contributed by atoms with Crippen LogP contribution in [-0.2, 0) is 13.2 Å². The van der Waals surface area contributed by atoms with Crippen LogP contribution in [0.1, 0.15) is 37.1 Å². The number of aryl methyl sites for hydroxylation is 2. The number of rotatable bonds is 7. The molecule has 2 aromatic carbocycles. The van der Waals surface area contributed by atoms with Gasteiger partial charge >= 0.3 is 0 Å². The third kappa shape index (κ3) is 6.14. The fraction of sp³-hybridized carbons (Fsp3) is 0.480. The highest BCUT2D eigenvalue weighted by Crippen LogP contribution is 2.26. The smallest absolute Gasteiger partial charge is 0.148 e. The minimum atomic E-state index is 0. The van der Waals surface area contributed by atoms with Gasteiger partial charge in [-0.3, -0.25) is 0 Å². The van der Waals surface area contributed by atoms with E-state index in [1.54, 1.807) is 0 Å². The Kier molecular flexibility index (Phi) is 8.27. The minimum absolute atomic E-state index is 0. The normalized spacial score (nSPS) is 16.3. The third-order valence-corrected chi connectivity index (χ3v) is 6.77. The van der Waals surface area contributed by atoms with Crippen LogP contribution in [0.5, 0.6) is 5.75 Å². The van der Waals surface area contributed by atoms with Crippen LogP contribution in [-0.4, -0.2) is 41.2 Å². The first kappa shape index (κ1) is 24.3. The predicted octanol–water partition coefficient (Wildman–Crippen LogP) is 2.85. The van der Waals surface area contributed by atoms with E-state index in [0.29, 0.717) is 6.61 Å². The summed E-state index contributed by atoms with van der Waals surface area (Å²) in [5, 5.41) is 0.718. The van der Waals surface area contributed by atoms with E-state index in [1.165, 1.54) is 54.3 Å². The second-order valence-corrected chi connectivity index (χ2v) is 9.77. The molecule has 4 rings (SSSR count). The van der Waals surface area contributed by atoms with Crippen LogP contribution in [0.3, 0.4) is 0 Å². The van der Waals surface area contributed by atoms with Crippen LogP contribution in [0.2, 0.25) is 5.02 Å². The number of ether oxygens (including phenoxy) is 1. The van der Waals surface area contributed by atoms with Crippen molar-refractivity contribution in [2.24, 2.45) is 5.92 Å². The molecule has 2 heterocycles. The number of quaternary nitrogens is 1. The minimum Gasteiger partial charge on any atom is -1.00 e. The average Bonchev–Trinajstić information content (AvgIpc) is 3.08. The number of benzene rings is 2. The molecule has 168 valence electrons. The van der Waals surface area contributed by atoms with Crippen LogP contribution in [0.25, 0.3) is 11.0 Å². The number of piperidine rings is 1. The van der Waals surface area contributed by atoms with E-state index in [1.807, 2.05) is 24.3 Å². The number of hydrogen-bond donors (Lipinski definition) is 0. The first-order chi connectivity index (χ1) is 14.4. The van der Waals surface area contributed by atoms with Gasteiger partial charge in [-0.1, -0.05) is 23.7 Å². The standard InChI is InChI=1S/C25H33ClN3O.HI/c1-19-6-4-8-23-25(19)27-24(18-30-22-11-9-21(26)10-12-22)28(23)15-5-7-20-13-16-29(2,3)17-14-20;/h4,6,8-12,20H,5,7,13-18H2,1-3H3;1H/q+1;/p-1. The van der Waals surface area contributed by atoms with Crippen molar-refractivity contribution in [3.05, 3.63) is 58.9 Å². The topological polar surface area (TPSA) is 27.1 Å². The third-order valence-electron chi connectivity index (χ3n) is 6.52. The highest BCUT2D eigenvalue weighted by atomic mass is 127. The van der Waals surface area contributed by atoms with Gasteiger partial charge in [0.05, 0.1) is 38.2 Å². The first-order valence-electron chi connectivity index (χ1n) is 11.1. The monoisotopic (exact) mass is 553 g/mol. The summed E-state index contributed by atoms with van der Waals surface area (Å²) >= 11 is 5.99. The van der Waals surface area contributed by atoms with Crippen molar-refractivity contribution in [1.82, 2.24) is 9.55 Å². The summed E-state index contributed by atoms with van der Waals surface area (Å²) in [7, 11) is 4.70. The zero-order chi connectivity index (χ0) is 21.1. The Morgan fingerprint density at radius 2 is 1.81 bits per heavy atom. The molecule has 4 nitrogen and oxygen atoms in total. The van der Waals surface area contributed by atoms with Crippen molar-refractivity contribution in [2.45, 2.75) is 45.8 Å². The van der Waals surface area contributed by atoms with Crippen LogP contribution in [0.15, 0.2) is 42.5 Å². The van der Waals surface area contributed by atoms with E-state index in [2.05, 4.69) is 43.8 Å². The maximum absolute atomic E-state index is 6.03. The van der Waals surface area contributed by atoms with E-state index < -0.39 is 0 Å². The molecule has 1 aliphatic rings. The first-order valence-corrected chi connectivity index (χ1v) is 11.4. The molecule has 6 heteroatoms. The summed E-state index contributed by atoms with van der Waals surface area (Å²) in [6.45, 7) is 6.19. The molecule has 1 fully saturated rings. The van der Waals surface area contributed by atoms with Gasteiger partial charge in [0.2, 0.25) is 0 Å². The number of halogens is 2. The van der Waals surface area contributed by atoms with Gasteiger partial charge in [0, 0.05) is 11.6 Å². The van der Waals surface area contributed by atoms with Crippen molar-refractivity contribution < 1.29 is 33.2 Å². The lowest BCUT2D eigenvalue weighted by Crippen LogP contribution is -3.00. The van der Waals surface area contributed by atoms with E-state index in [9.17, 15) is 0 Å². The quantitative estimate of drug-likeness (QED) is 0.332. The van der Waals surface area contributed by atoms with E-state index >= 15 is 0 Å². The van der Waals surface area contributed by atoms with E-state index in [-0.39, 0.29) is 24.0 Å². The zero-order valence-corrected chi connectivity index (χ0v) is 21.7. The lowest BCUT2D eigenvalue weighted by Gasteiger charge is -2.37. The molecule has 0 N–H and O–H groups in total. The highest BCUT2D eigenvalue weighted by molar-refractivity contribution is 6.30. The molecular formula is C25H33ClIN3O. The Morgan fingerprint density at radius 1 is 1.10 bits per heavy atom. The Bertz CT molecular complexity index is 990. The Morgan fingerprint density at radius 3 is 2.52 bits per heavy atom. The molecule has 31 heavy (non-hydrogen) atoms. The van der Waals surface area contributed by atoms with Crippen molar-refractivity contribution in [1.29, 1.82) is 0 Å². The van der Waals surface area contributed by atoms with Gasteiger partial charge in [0.15, 0.2) is 0 Å². The maximum atomic E-state index is 6.03. The molecule has 0 aliphatic carbocycles. The predicted molar refractivity (Wildman–Crippen MR) is 124 cm³/mol. The second-order valence-electron chi connectivity index (χ2n) is 9.33. The van der Waals surface area contributed by atoms with Gasteiger partial charge in [0.25, 0.3) is 0 Å². The molecule has 0 atom stereocenters. The Balaban J connectivity index is 0.00000272. The van der Waals surface area contributed by atoms with Gasteiger partial charge in [-0.25, -0.2) is 4.98 Å². The van der Waals surface area contributed by atoms with Crippen molar-refractivity contribution in [2.75, 3.05) is 27.2 Å². The van der Waals surface area contributed by atoms with Crippen LogP contribution >= 0.6 is 11.6 Å². The van der Waals surface area contributed by atoms with Crippen LogP contribution in [0, 0.1) is 12.8 Å².